The van der Waals surface area contributed by atoms with Crippen LogP contribution in [-0.2, 0) is 18.8 Å². The van der Waals surface area contributed by atoms with Gasteiger partial charge in [-0.25, -0.2) is 19.7 Å². The van der Waals surface area contributed by atoms with E-state index in [1.54, 1.807) is 17.8 Å². The molecule has 2 aliphatic heterocycles. The number of urea groups is 1. The molecular weight excluding hydrogens is 515 g/mol. The lowest BCUT2D eigenvalue weighted by Gasteiger charge is -2.20. The Kier molecular flexibility index (Phi) is 7.84. The van der Waals surface area contributed by atoms with Crippen LogP contribution in [0.25, 0.3) is 17.2 Å². The number of carbonyl (C=O) groups excluding carboxylic acids is 1. The molecule has 2 aliphatic rings. The zero-order valence-electron chi connectivity index (χ0n) is 20.6. The molecule has 5 atom stereocenters. The van der Waals surface area contributed by atoms with Crippen molar-refractivity contribution in [1.82, 2.24) is 24.8 Å². The predicted molar refractivity (Wildman–Crippen MR) is 137 cm³/mol. The van der Waals surface area contributed by atoms with Gasteiger partial charge in [-0.3, -0.25) is 14.4 Å². The van der Waals surface area contributed by atoms with E-state index in [0.29, 0.717) is 24.1 Å². The summed E-state index contributed by atoms with van der Waals surface area (Å²) < 4.78 is 31.8. The van der Waals surface area contributed by atoms with E-state index < -0.39 is 44.5 Å². The smallest absolute Gasteiger partial charge is 0.325 e. The van der Waals surface area contributed by atoms with E-state index in [4.69, 9.17) is 14.2 Å². The molecule has 0 radical (unpaired) electrons. The van der Waals surface area contributed by atoms with E-state index >= 15 is 0 Å². The molecule has 14 heteroatoms. The van der Waals surface area contributed by atoms with Gasteiger partial charge in [0.2, 0.25) is 0 Å². The first kappa shape index (κ1) is 26.4. The maximum atomic E-state index is 12.0. The van der Waals surface area contributed by atoms with Gasteiger partial charge >= 0.3 is 13.6 Å². The van der Waals surface area contributed by atoms with Crippen LogP contribution in [0.3, 0.4) is 0 Å². The van der Waals surface area contributed by atoms with Gasteiger partial charge in [-0.2, -0.15) is 0 Å². The van der Waals surface area contributed by atoms with Crippen LogP contribution in [0.4, 0.5) is 10.6 Å². The molecule has 2 amide bonds. The lowest BCUT2D eigenvalue weighted by molar-refractivity contribution is -0.126. The number of fused-ring (bicyclic) bond motifs is 2. The number of hydrogen-bond donors (Lipinski definition) is 4. The first-order chi connectivity index (χ1) is 18.3. The van der Waals surface area contributed by atoms with Crippen LogP contribution >= 0.6 is 7.60 Å². The number of hydrogen-bond acceptors (Lipinski definition) is 8. The second kappa shape index (κ2) is 11.3. The highest BCUT2D eigenvalue weighted by atomic mass is 31.2. The van der Waals surface area contributed by atoms with Crippen LogP contribution in [-0.4, -0.2) is 72.6 Å². The third kappa shape index (κ3) is 5.93. The molecule has 3 aromatic rings. The summed E-state index contributed by atoms with van der Waals surface area (Å²) in [6.07, 6.45) is 4.17. The molecule has 1 aromatic carbocycles. The van der Waals surface area contributed by atoms with Crippen LogP contribution in [0.15, 0.2) is 49.1 Å². The SMILES string of the molecule is CCNC(=O)Nc1ncnc2c1ncn2[C@@H]1O[C@H](CCCP(=O)(O)O)[C@@H]2OC(/C=C/c3ccccc3)OC21. The molecule has 0 bridgehead atoms. The van der Waals surface area contributed by atoms with Crippen molar-refractivity contribution in [3.8, 4) is 0 Å². The molecular formula is C24H29N6O7P. The molecule has 202 valence electrons. The van der Waals surface area contributed by atoms with Gasteiger partial charge in [0.25, 0.3) is 0 Å². The number of aromatic nitrogens is 4. The van der Waals surface area contributed by atoms with Crippen molar-refractivity contribution in [2.45, 2.75) is 50.6 Å². The molecule has 5 rings (SSSR count). The summed E-state index contributed by atoms with van der Waals surface area (Å²) in [5, 5.41) is 5.32. The van der Waals surface area contributed by atoms with E-state index in [9.17, 15) is 19.1 Å². The molecule has 13 nitrogen and oxygen atoms in total. The third-order valence-electron chi connectivity index (χ3n) is 6.25. The largest absolute Gasteiger partial charge is 0.349 e. The summed E-state index contributed by atoms with van der Waals surface area (Å²) >= 11 is 0. The number of anilines is 1. The van der Waals surface area contributed by atoms with Crippen molar-refractivity contribution in [2.75, 3.05) is 18.0 Å². The Balaban J connectivity index is 1.39. The number of nitrogens with one attached hydrogen (secondary N) is 2. The standard InChI is InChI=1S/C24H29N6O7P/c1-2-25-24(31)29-21-18-22(27-13-26-21)30(14-28-18)23-20-19(16(35-23)9-6-12-38(32,33)34)36-17(37-20)11-10-15-7-4-3-5-8-15/h3-5,7-8,10-11,13-14,16-17,19-20,23H,2,6,9,12H2,1H3,(H2,32,33,34)(H2,25,26,27,29,31)/b11-10+/t16-,17?,19+,20?,23-/m1/s1. The second-order valence-electron chi connectivity index (χ2n) is 8.97. The molecule has 2 unspecified atom stereocenters. The van der Waals surface area contributed by atoms with Crippen molar-refractivity contribution in [2.24, 2.45) is 0 Å². The number of amides is 2. The fraction of sp³-hybridized carbons (Fsp3) is 0.417. The van der Waals surface area contributed by atoms with Crippen LogP contribution in [0, 0.1) is 0 Å². The van der Waals surface area contributed by atoms with E-state index in [-0.39, 0.29) is 18.4 Å². The summed E-state index contributed by atoms with van der Waals surface area (Å²) in [5.41, 5.74) is 1.80. The minimum absolute atomic E-state index is 0.247. The monoisotopic (exact) mass is 544 g/mol. The first-order valence-corrected chi connectivity index (χ1v) is 14.1. The molecule has 0 aliphatic carbocycles. The Labute approximate surface area is 218 Å². The lowest BCUT2D eigenvalue weighted by Crippen LogP contribution is -2.29. The van der Waals surface area contributed by atoms with Crippen molar-refractivity contribution >= 4 is 36.7 Å². The van der Waals surface area contributed by atoms with Gasteiger partial charge in [-0.15, -0.1) is 0 Å². The van der Waals surface area contributed by atoms with Crippen molar-refractivity contribution in [3.63, 3.8) is 0 Å². The number of benzene rings is 1. The summed E-state index contributed by atoms with van der Waals surface area (Å²) in [6.45, 7) is 2.26. The second-order valence-corrected chi connectivity index (χ2v) is 10.7. The highest BCUT2D eigenvalue weighted by Gasteiger charge is 2.53. The van der Waals surface area contributed by atoms with Gasteiger partial charge in [-0.05, 0) is 31.4 Å². The number of nitrogens with zero attached hydrogens (tertiary/aromatic N) is 4. The van der Waals surface area contributed by atoms with E-state index in [1.165, 1.54) is 6.33 Å². The molecule has 38 heavy (non-hydrogen) atoms. The third-order valence-corrected chi connectivity index (χ3v) is 7.15. The molecule has 0 saturated carbocycles. The van der Waals surface area contributed by atoms with E-state index in [0.717, 1.165) is 5.56 Å². The highest BCUT2D eigenvalue weighted by molar-refractivity contribution is 7.51. The number of imidazole rings is 1. The molecule has 4 N–H and O–H groups in total. The highest BCUT2D eigenvalue weighted by Crippen LogP contribution is 2.43. The van der Waals surface area contributed by atoms with Gasteiger partial charge < -0.3 is 29.3 Å². The summed E-state index contributed by atoms with van der Waals surface area (Å²) in [4.78, 5) is 43.5. The number of rotatable bonds is 9. The van der Waals surface area contributed by atoms with Crippen LogP contribution in [0.5, 0.6) is 0 Å². The van der Waals surface area contributed by atoms with Gasteiger partial charge in [0, 0.05) is 12.7 Å². The molecule has 2 fully saturated rings. The zero-order valence-corrected chi connectivity index (χ0v) is 21.5. The average molecular weight is 545 g/mol. The number of ether oxygens (including phenoxy) is 3. The Morgan fingerprint density at radius 1 is 1.13 bits per heavy atom. The fourth-order valence-corrected chi connectivity index (χ4v) is 5.19. The van der Waals surface area contributed by atoms with Crippen molar-refractivity contribution < 1.29 is 33.4 Å². The fourth-order valence-electron chi connectivity index (χ4n) is 4.60. The van der Waals surface area contributed by atoms with Crippen LogP contribution in [0.2, 0.25) is 0 Å². The van der Waals surface area contributed by atoms with Crippen molar-refractivity contribution in [3.05, 3.63) is 54.6 Å². The lowest BCUT2D eigenvalue weighted by atomic mass is 10.1. The zero-order chi connectivity index (χ0) is 26.7. The van der Waals surface area contributed by atoms with E-state index in [2.05, 4.69) is 25.6 Å². The predicted octanol–water partition coefficient (Wildman–Crippen LogP) is 2.65. The van der Waals surface area contributed by atoms with Gasteiger partial charge in [0.1, 0.15) is 18.5 Å². The van der Waals surface area contributed by atoms with Crippen LogP contribution < -0.4 is 10.6 Å². The maximum Gasteiger partial charge on any atom is 0.325 e. The quantitative estimate of drug-likeness (QED) is 0.294. The average Bonchev–Trinajstić information content (AvgIpc) is 3.58. The minimum Gasteiger partial charge on any atom is -0.349 e. The van der Waals surface area contributed by atoms with Gasteiger partial charge in [0.15, 0.2) is 29.5 Å². The Bertz CT molecular complexity index is 1350. The minimum atomic E-state index is -4.14. The molecule has 2 saturated heterocycles. The topological polar surface area (TPSA) is 170 Å². The molecule has 2 aromatic heterocycles. The Hall–Kier alpha value is -3.19. The number of carbonyl (C=O) groups is 1. The van der Waals surface area contributed by atoms with Gasteiger partial charge in [-0.1, -0.05) is 36.4 Å². The Morgan fingerprint density at radius 3 is 2.68 bits per heavy atom. The first-order valence-electron chi connectivity index (χ1n) is 12.3. The van der Waals surface area contributed by atoms with E-state index in [1.807, 2.05) is 42.5 Å². The summed E-state index contributed by atoms with van der Waals surface area (Å²) in [6, 6.07) is 9.33. The molecule has 0 spiro atoms. The Morgan fingerprint density at radius 2 is 1.92 bits per heavy atom. The normalized spacial score (nSPS) is 25.2. The van der Waals surface area contributed by atoms with Crippen molar-refractivity contribution in [1.29, 1.82) is 0 Å². The maximum absolute atomic E-state index is 12.0. The van der Waals surface area contributed by atoms with Gasteiger partial charge in [0.05, 0.1) is 12.4 Å². The molecule has 4 heterocycles. The summed E-state index contributed by atoms with van der Waals surface area (Å²) in [7, 11) is -4.14. The summed E-state index contributed by atoms with van der Waals surface area (Å²) in [5.74, 6) is 0.250. The van der Waals surface area contributed by atoms with Crippen LogP contribution in [0.1, 0.15) is 31.6 Å².